The summed E-state index contributed by atoms with van der Waals surface area (Å²) in [5.41, 5.74) is 0.631. The van der Waals surface area contributed by atoms with Crippen LogP contribution in [-0.2, 0) is 6.54 Å². The van der Waals surface area contributed by atoms with Crippen LogP contribution in [-0.4, -0.2) is 43.0 Å². The van der Waals surface area contributed by atoms with Crippen molar-refractivity contribution in [2.75, 3.05) is 33.2 Å². The van der Waals surface area contributed by atoms with Crippen LogP contribution < -0.4 is 0 Å². The van der Waals surface area contributed by atoms with E-state index in [-0.39, 0.29) is 0 Å². The van der Waals surface area contributed by atoms with Gasteiger partial charge in [0.25, 0.3) is 0 Å². The van der Waals surface area contributed by atoms with Gasteiger partial charge in [-0.15, -0.1) is 11.3 Å². The lowest BCUT2D eigenvalue weighted by atomic mass is 9.86. The van der Waals surface area contributed by atoms with Gasteiger partial charge in [-0.3, -0.25) is 4.90 Å². The van der Waals surface area contributed by atoms with Crippen LogP contribution in [0, 0.1) is 5.41 Å². The summed E-state index contributed by atoms with van der Waals surface area (Å²) in [5, 5.41) is 2.19. The number of rotatable bonds is 2. The van der Waals surface area contributed by atoms with Gasteiger partial charge in [0.05, 0.1) is 0 Å². The zero-order chi connectivity index (χ0) is 11.0. The van der Waals surface area contributed by atoms with Gasteiger partial charge in [-0.1, -0.05) is 6.07 Å². The van der Waals surface area contributed by atoms with E-state index in [9.17, 15) is 0 Å². The Morgan fingerprint density at radius 3 is 2.88 bits per heavy atom. The zero-order valence-electron chi connectivity index (χ0n) is 9.98. The number of thiophene rings is 1. The van der Waals surface area contributed by atoms with Crippen molar-refractivity contribution < 1.29 is 0 Å². The molecule has 0 aliphatic carbocycles. The summed E-state index contributed by atoms with van der Waals surface area (Å²) in [5.74, 6) is 0. The van der Waals surface area contributed by atoms with Gasteiger partial charge >= 0.3 is 0 Å². The average Bonchev–Trinajstić information content (AvgIpc) is 2.93. The second kappa shape index (κ2) is 4.13. The Morgan fingerprint density at radius 1 is 1.31 bits per heavy atom. The SMILES string of the molecule is CN1CCC2(CCN(Cc3cccs3)C2)C1. The van der Waals surface area contributed by atoms with E-state index >= 15 is 0 Å². The van der Waals surface area contributed by atoms with Crippen LogP contribution in [0.1, 0.15) is 17.7 Å². The van der Waals surface area contributed by atoms with Crippen LogP contribution in [0.3, 0.4) is 0 Å². The van der Waals surface area contributed by atoms with Crippen LogP contribution in [0.4, 0.5) is 0 Å². The normalized spacial score (nSPS) is 31.8. The van der Waals surface area contributed by atoms with Crippen molar-refractivity contribution in [2.45, 2.75) is 19.4 Å². The van der Waals surface area contributed by atoms with Crippen LogP contribution >= 0.6 is 11.3 Å². The minimum Gasteiger partial charge on any atom is -0.306 e. The first-order valence-electron chi connectivity index (χ1n) is 6.19. The summed E-state index contributed by atoms with van der Waals surface area (Å²) >= 11 is 1.89. The van der Waals surface area contributed by atoms with Gasteiger partial charge in [0.15, 0.2) is 0 Å². The van der Waals surface area contributed by atoms with Crippen LogP contribution in [0.25, 0.3) is 0 Å². The van der Waals surface area contributed by atoms with E-state index in [0.717, 1.165) is 0 Å². The van der Waals surface area contributed by atoms with Gasteiger partial charge in [0, 0.05) is 24.5 Å². The molecule has 3 heteroatoms. The van der Waals surface area contributed by atoms with Crippen molar-refractivity contribution in [1.82, 2.24) is 9.80 Å². The molecule has 1 unspecified atom stereocenters. The summed E-state index contributed by atoms with van der Waals surface area (Å²) in [7, 11) is 2.26. The smallest absolute Gasteiger partial charge is 0.0328 e. The third-order valence-corrected chi connectivity index (χ3v) is 4.97. The summed E-state index contributed by atoms with van der Waals surface area (Å²) in [6.45, 7) is 6.39. The van der Waals surface area contributed by atoms with E-state index in [1.54, 1.807) is 0 Å². The maximum absolute atomic E-state index is 2.64. The van der Waals surface area contributed by atoms with Crippen molar-refractivity contribution in [1.29, 1.82) is 0 Å². The molecule has 3 heterocycles. The maximum Gasteiger partial charge on any atom is 0.0328 e. The van der Waals surface area contributed by atoms with Crippen LogP contribution in [0.5, 0.6) is 0 Å². The lowest BCUT2D eigenvalue weighted by Crippen LogP contribution is -2.29. The molecule has 0 bridgehead atoms. The largest absolute Gasteiger partial charge is 0.306 e. The predicted octanol–water partition coefficient (Wildman–Crippen LogP) is 2.28. The highest BCUT2D eigenvalue weighted by molar-refractivity contribution is 7.09. The molecule has 2 aliphatic heterocycles. The highest BCUT2D eigenvalue weighted by Crippen LogP contribution is 2.39. The highest BCUT2D eigenvalue weighted by Gasteiger charge is 2.42. The molecule has 0 N–H and O–H groups in total. The molecule has 88 valence electrons. The minimum absolute atomic E-state index is 0.631. The summed E-state index contributed by atoms with van der Waals surface area (Å²) in [6, 6.07) is 4.42. The molecular formula is C13H20N2S. The fourth-order valence-corrected chi connectivity index (χ4v) is 4.02. The zero-order valence-corrected chi connectivity index (χ0v) is 10.8. The van der Waals surface area contributed by atoms with Gasteiger partial charge in [0.1, 0.15) is 0 Å². The molecule has 0 amide bonds. The summed E-state index contributed by atoms with van der Waals surface area (Å²) in [6.07, 6.45) is 2.81. The lowest BCUT2D eigenvalue weighted by Gasteiger charge is -2.23. The van der Waals surface area contributed by atoms with E-state index in [1.165, 1.54) is 50.4 Å². The average molecular weight is 236 g/mol. The Balaban J connectivity index is 1.61. The number of hydrogen-bond acceptors (Lipinski definition) is 3. The van der Waals surface area contributed by atoms with Gasteiger partial charge < -0.3 is 4.90 Å². The van der Waals surface area contributed by atoms with Crippen molar-refractivity contribution in [3.8, 4) is 0 Å². The van der Waals surface area contributed by atoms with E-state index in [4.69, 9.17) is 0 Å². The first-order valence-corrected chi connectivity index (χ1v) is 7.07. The first kappa shape index (κ1) is 10.8. The molecule has 16 heavy (non-hydrogen) atoms. The Kier molecular flexibility index (Phi) is 2.78. The first-order chi connectivity index (χ1) is 7.76. The van der Waals surface area contributed by atoms with Crippen LogP contribution in [0.2, 0.25) is 0 Å². The standard InChI is InChI=1S/C13H20N2S/c1-14-6-4-13(10-14)5-7-15(11-13)9-12-3-2-8-16-12/h2-3,8H,4-7,9-11H2,1H3. The molecule has 0 radical (unpaired) electrons. The lowest BCUT2D eigenvalue weighted by molar-refractivity contribution is 0.252. The third-order valence-electron chi connectivity index (χ3n) is 4.11. The second-order valence-electron chi connectivity index (χ2n) is 5.53. The molecule has 1 atom stereocenters. The van der Waals surface area contributed by atoms with Crippen LogP contribution in [0.15, 0.2) is 17.5 Å². The fourth-order valence-electron chi connectivity index (χ4n) is 3.28. The third kappa shape index (κ3) is 2.04. The molecule has 1 spiro atoms. The van der Waals surface area contributed by atoms with Crippen molar-refractivity contribution in [3.63, 3.8) is 0 Å². The molecule has 3 rings (SSSR count). The summed E-state index contributed by atoms with van der Waals surface area (Å²) in [4.78, 5) is 6.66. The summed E-state index contributed by atoms with van der Waals surface area (Å²) < 4.78 is 0. The molecule has 2 aliphatic rings. The van der Waals surface area contributed by atoms with Gasteiger partial charge in [-0.25, -0.2) is 0 Å². The molecule has 0 aromatic carbocycles. The Hall–Kier alpha value is -0.380. The molecule has 2 saturated heterocycles. The molecular weight excluding hydrogens is 216 g/mol. The Bertz CT molecular complexity index is 349. The van der Waals surface area contributed by atoms with E-state index in [0.29, 0.717) is 5.41 Å². The number of likely N-dealkylation sites (tertiary alicyclic amines) is 2. The molecule has 0 saturated carbocycles. The predicted molar refractivity (Wildman–Crippen MR) is 68.8 cm³/mol. The van der Waals surface area contributed by atoms with E-state index in [1.807, 2.05) is 11.3 Å². The molecule has 2 nitrogen and oxygen atoms in total. The minimum atomic E-state index is 0.631. The quantitative estimate of drug-likeness (QED) is 0.777. The van der Waals surface area contributed by atoms with Gasteiger partial charge in [-0.05, 0) is 49.8 Å². The van der Waals surface area contributed by atoms with Gasteiger partial charge in [0.2, 0.25) is 0 Å². The Labute approximate surface area is 102 Å². The topological polar surface area (TPSA) is 6.48 Å². The van der Waals surface area contributed by atoms with Crippen molar-refractivity contribution in [2.24, 2.45) is 5.41 Å². The second-order valence-corrected chi connectivity index (χ2v) is 6.56. The Morgan fingerprint density at radius 2 is 2.19 bits per heavy atom. The monoisotopic (exact) mass is 236 g/mol. The van der Waals surface area contributed by atoms with Crippen molar-refractivity contribution >= 4 is 11.3 Å². The van der Waals surface area contributed by atoms with E-state index in [2.05, 4.69) is 34.4 Å². The number of nitrogens with zero attached hydrogens (tertiary/aromatic N) is 2. The maximum atomic E-state index is 2.64. The number of hydrogen-bond donors (Lipinski definition) is 0. The fraction of sp³-hybridized carbons (Fsp3) is 0.692. The van der Waals surface area contributed by atoms with E-state index < -0.39 is 0 Å². The van der Waals surface area contributed by atoms with Gasteiger partial charge in [-0.2, -0.15) is 0 Å². The molecule has 1 aromatic heterocycles. The molecule has 2 fully saturated rings. The molecule has 1 aromatic rings. The van der Waals surface area contributed by atoms with Crippen molar-refractivity contribution in [3.05, 3.63) is 22.4 Å². The highest BCUT2D eigenvalue weighted by atomic mass is 32.1.